The van der Waals surface area contributed by atoms with E-state index < -0.39 is 0 Å². The molecule has 20 heavy (non-hydrogen) atoms. The van der Waals surface area contributed by atoms with Gasteiger partial charge in [0.05, 0.1) is 0 Å². The molecule has 110 valence electrons. The van der Waals surface area contributed by atoms with Crippen LogP contribution in [-0.4, -0.2) is 23.9 Å². The van der Waals surface area contributed by atoms with E-state index >= 15 is 0 Å². The number of hydrogen-bond acceptors (Lipinski definition) is 2. The number of rotatable bonds is 3. The summed E-state index contributed by atoms with van der Waals surface area (Å²) in [7, 11) is 0. The first-order chi connectivity index (χ1) is 9.51. The third-order valence-corrected chi connectivity index (χ3v) is 5.14. The molecule has 2 rings (SSSR count). The van der Waals surface area contributed by atoms with Gasteiger partial charge in [-0.25, -0.2) is 0 Å². The van der Waals surface area contributed by atoms with Gasteiger partial charge in [-0.05, 0) is 42.9 Å². The van der Waals surface area contributed by atoms with Crippen LogP contribution in [0, 0.1) is 12.3 Å². The van der Waals surface area contributed by atoms with E-state index in [0.717, 1.165) is 31.5 Å². The molecule has 1 aliphatic heterocycles. The van der Waals surface area contributed by atoms with E-state index in [2.05, 4.69) is 13.8 Å². The van der Waals surface area contributed by atoms with Gasteiger partial charge >= 0.3 is 0 Å². The molecule has 1 aromatic rings. The molecule has 0 aromatic heterocycles. The number of likely N-dealkylation sites (tertiary alicyclic amines) is 1. The van der Waals surface area contributed by atoms with Crippen LogP contribution in [0.25, 0.3) is 0 Å². The van der Waals surface area contributed by atoms with Crippen molar-refractivity contribution in [3.8, 4) is 0 Å². The SMILES string of the molecule is CCC1(CC)CCN(C(=O)c2ccc(C)c(N)c2)CC1. The second kappa shape index (κ2) is 5.86. The van der Waals surface area contributed by atoms with Gasteiger partial charge in [-0.15, -0.1) is 0 Å². The zero-order valence-electron chi connectivity index (χ0n) is 12.9. The van der Waals surface area contributed by atoms with Gasteiger partial charge in [-0.1, -0.05) is 32.8 Å². The lowest BCUT2D eigenvalue weighted by molar-refractivity contribution is 0.0558. The lowest BCUT2D eigenvalue weighted by atomic mass is 9.74. The molecule has 0 aliphatic carbocycles. The average molecular weight is 274 g/mol. The number of nitrogen functional groups attached to an aromatic ring is 1. The van der Waals surface area contributed by atoms with Gasteiger partial charge in [0.2, 0.25) is 0 Å². The summed E-state index contributed by atoms with van der Waals surface area (Å²) >= 11 is 0. The highest BCUT2D eigenvalue weighted by Crippen LogP contribution is 2.38. The molecule has 1 saturated heterocycles. The zero-order chi connectivity index (χ0) is 14.8. The number of aryl methyl sites for hydroxylation is 1. The van der Waals surface area contributed by atoms with E-state index in [1.54, 1.807) is 6.07 Å². The van der Waals surface area contributed by atoms with Gasteiger partial charge in [-0.3, -0.25) is 4.79 Å². The van der Waals surface area contributed by atoms with E-state index in [9.17, 15) is 4.79 Å². The van der Waals surface area contributed by atoms with Crippen molar-refractivity contribution in [2.45, 2.75) is 46.5 Å². The summed E-state index contributed by atoms with van der Waals surface area (Å²) < 4.78 is 0. The maximum atomic E-state index is 12.5. The molecule has 0 atom stereocenters. The van der Waals surface area contributed by atoms with Gasteiger partial charge in [0, 0.05) is 24.3 Å². The van der Waals surface area contributed by atoms with Crippen molar-refractivity contribution in [3.05, 3.63) is 29.3 Å². The van der Waals surface area contributed by atoms with E-state index in [0.29, 0.717) is 16.7 Å². The number of carbonyl (C=O) groups excluding carboxylic acids is 1. The fraction of sp³-hybridized carbons (Fsp3) is 0.588. The minimum absolute atomic E-state index is 0.123. The minimum atomic E-state index is 0.123. The largest absolute Gasteiger partial charge is 0.398 e. The van der Waals surface area contributed by atoms with Gasteiger partial charge in [0.1, 0.15) is 0 Å². The Morgan fingerprint density at radius 2 is 1.85 bits per heavy atom. The fourth-order valence-electron chi connectivity index (χ4n) is 3.10. The van der Waals surface area contributed by atoms with Crippen LogP contribution < -0.4 is 5.73 Å². The molecule has 0 radical (unpaired) electrons. The van der Waals surface area contributed by atoms with E-state index in [4.69, 9.17) is 5.73 Å². The van der Waals surface area contributed by atoms with Crippen molar-refractivity contribution in [1.29, 1.82) is 0 Å². The van der Waals surface area contributed by atoms with Crippen molar-refractivity contribution < 1.29 is 4.79 Å². The first-order valence-corrected chi connectivity index (χ1v) is 7.67. The summed E-state index contributed by atoms with van der Waals surface area (Å²) in [5.74, 6) is 0.123. The Kier molecular flexibility index (Phi) is 4.36. The summed E-state index contributed by atoms with van der Waals surface area (Å²) in [5, 5.41) is 0. The molecule has 2 N–H and O–H groups in total. The Morgan fingerprint density at radius 3 is 2.35 bits per heavy atom. The fourth-order valence-corrected chi connectivity index (χ4v) is 3.10. The van der Waals surface area contributed by atoms with Crippen molar-refractivity contribution in [1.82, 2.24) is 4.90 Å². The number of benzene rings is 1. The molecule has 1 aliphatic rings. The van der Waals surface area contributed by atoms with Crippen molar-refractivity contribution in [2.24, 2.45) is 5.41 Å². The predicted molar refractivity (Wildman–Crippen MR) is 83.7 cm³/mol. The molecular weight excluding hydrogens is 248 g/mol. The zero-order valence-corrected chi connectivity index (χ0v) is 12.9. The summed E-state index contributed by atoms with van der Waals surface area (Å²) in [6.07, 6.45) is 4.66. The predicted octanol–water partition coefficient (Wildman–Crippen LogP) is 3.62. The maximum absolute atomic E-state index is 12.5. The van der Waals surface area contributed by atoms with Gasteiger partial charge in [-0.2, -0.15) is 0 Å². The highest BCUT2D eigenvalue weighted by molar-refractivity contribution is 5.95. The monoisotopic (exact) mass is 274 g/mol. The molecule has 1 heterocycles. The van der Waals surface area contributed by atoms with Crippen LogP contribution in [0.15, 0.2) is 18.2 Å². The highest BCUT2D eigenvalue weighted by atomic mass is 16.2. The van der Waals surface area contributed by atoms with E-state index in [1.807, 2.05) is 24.0 Å². The summed E-state index contributed by atoms with van der Waals surface area (Å²) in [6, 6.07) is 5.61. The average Bonchev–Trinajstić information content (AvgIpc) is 2.49. The van der Waals surface area contributed by atoms with Crippen LogP contribution in [0.1, 0.15) is 55.5 Å². The second-order valence-electron chi connectivity index (χ2n) is 6.07. The first kappa shape index (κ1) is 14.9. The Bertz CT molecular complexity index is 482. The van der Waals surface area contributed by atoms with Crippen LogP contribution >= 0.6 is 0 Å². The van der Waals surface area contributed by atoms with Gasteiger partial charge in [0.25, 0.3) is 5.91 Å². The third kappa shape index (κ3) is 2.82. The van der Waals surface area contributed by atoms with Crippen molar-refractivity contribution in [3.63, 3.8) is 0 Å². The van der Waals surface area contributed by atoms with Crippen molar-refractivity contribution >= 4 is 11.6 Å². The third-order valence-electron chi connectivity index (χ3n) is 5.14. The molecule has 0 bridgehead atoms. The molecule has 0 spiro atoms. The molecule has 3 heteroatoms. The molecule has 1 aromatic carbocycles. The minimum Gasteiger partial charge on any atom is -0.398 e. The van der Waals surface area contributed by atoms with E-state index in [-0.39, 0.29) is 5.91 Å². The molecule has 3 nitrogen and oxygen atoms in total. The molecule has 0 saturated carbocycles. The van der Waals surface area contributed by atoms with Crippen LogP contribution in [0.3, 0.4) is 0 Å². The van der Waals surface area contributed by atoms with Crippen LogP contribution in [0.5, 0.6) is 0 Å². The van der Waals surface area contributed by atoms with Gasteiger partial charge < -0.3 is 10.6 Å². The number of amides is 1. The smallest absolute Gasteiger partial charge is 0.253 e. The van der Waals surface area contributed by atoms with Crippen LogP contribution in [-0.2, 0) is 0 Å². The first-order valence-electron chi connectivity index (χ1n) is 7.67. The van der Waals surface area contributed by atoms with E-state index in [1.165, 1.54) is 12.8 Å². The second-order valence-corrected chi connectivity index (χ2v) is 6.07. The summed E-state index contributed by atoms with van der Waals surface area (Å²) in [5.41, 5.74) is 8.79. The van der Waals surface area contributed by atoms with Crippen molar-refractivity contribution in [2.75, 3.05) is 18.8 Å². The number of hydrogen-bond donors (Lipinski definition) is 1. The molecule has 0 unspecified atom stereocenters. The van der Waals surface area contributed by atoms with Crippen LogP contribution in [0.4, 0.5) is 5.69 Å². The molecule has 1 fully saturated rings. The lowest BCUT2D eigenvalue weighted by Crippen LogP contribution is -2.42. The number of nitrogens with two attached hydrogens (primary N) is 1. The molecular formula is C17H26N2O. The summed E-state index contributed by atoms with van der Waals surface area (Å²) in [6.45, 7) is 8.23. The Balaban J connectivity index is 2.06. The normalized spacial score (nSPS) is 18.1. The highest BCUT2D eigenvalue weighted by Gasteiger charge is 2.33. The summed E-state index contributed by atoms with van der Waals surface area (Å²) in [4.78, 5) is 14.5. The molecule has 1 amide bonds. The lowest BCUT2D eigenvalue weighted by Gasteiger charge is -2.41. The number of carbonyl (C=O) groups is 1. The topological polar surface area (TPSA) is 46.3 Å². The maximum Gasteiger partial charge on any atom is 0.253 e. The standard InChI is InChI=1S/C17H26N2O/c1-4-17(5-2)8-10-19(11-9-17)16(20)14-7-6-13(3)15(18)12-14/h6-7,12H,4-5,8-11,18H2,1-3H3. The van der Waals surface area contributed by atoms with Gasteiger partial charge in [0.15, 0.2) is 0 Å². The Morgan fingerprint density at radius 1 is 1.25 bits per heavy atom. The Hall–Kier alpha value is -1.51. The number of anilines is 1. The number of nitrogens with zero attached hydrogens (tertiary/aromatic N) is 1. The quantitative estimate of drug-likeness (QED) is 0.856. The van der Waals surface area contributed by atoms with Crippen LogP contribution in [0.2, 0.25) is 0 Å². The Labute approximate surface area is 122 Å². The number of piperidine rings is 1.